The van der Waals surface area contributed by atoms with Gasteiger partial charge in [-0.05, 0) is 32.0 Å². The number of anilines is 1. The van der Waals surface area contributed by atoms with E-state index in [1.807, 2.05) is 0 Å². The average molecular weight is 345 g/mol. The van der Waals surface area contributed by atoms with Crippen molar-refractivity contribution < 1.29 is 13.9 Å². The molecule has 1 aliphatic rings. The number of amides is 2. The Morgan fingerprint density at radius 2 is 2.12 bits per heavy atom. The number of fused-ring (bicyclic) bond motifs is 1. The van der Waals surface area contributed by atoms with Crippen LogP contribution in [0.3, 0.4) is 0 Å². The third-order valence-corrected chi connectivity index (χ3v) is 4.56. The van der Waals surface area contributed by atoms with Crippen LogP contribution in [0.2, 0.25) is 0 Å². The predicted molar refractivity (Wildman–Crippen MR) is 95.9 cm³/mol. The summed E-state index contributed by atoms with van der Waals surface area (Å²) in [5, 5.41) is 6.16. The maximum Gasteiger partial charge on any atom is 0.319 e. The highest BCUT2D eigenvalue weighted by molar-refractivity contribution is 5.92. The molecule has 7 heteroatoms. The van der Waals surface area contributed by atoms with Crippen molar-refractivity contribution >= 4 is 22.7 Å². The molecular formula is C18H23N3O4. The Morgan fingerprint density at radius 1 is 1.32 bits per heavy atom. The van der Waals surface area contributed by atoms with E-state index < -0.39 is 0 Å². The number of hydrogen-bond acceptors (Lipinski definition) is 5. The normalized spacial score (nSPS) is 21.0. The minimum absolute atomic E-state index is 0.0446. The first-order chi connectivity index (χ1) is 12.0. The van der Waals surface area contributed by atoms with Gasteiger partial charge in [-0.2, -0.15) is 0 Å². The molecule has 1 fully saturated rings. The molecule has 0 aliphatic carbocycles. The van der Waals surface area contributed by atoms with Gasteiger partial charge in [0.15, 0.2) is 5.43 Å². The van der Waals surface area contributed by atoms with E-state index in [0.717, 1.165) is 13.1 Å². The van der Waals surface area contributed by atoms with Crippen molar-refractivity contribution in [2.75, 3.05) is 25.5 Å². The Morgan fingerprint density at radius 3 is 2.84 bits per heavy atom. The summed E-state index contributed by atoms with van der Waals surface area (Å²) in [5.41, 5.74) is 0.880. The van der Waals surface area contributed by atoms with Gasteiger partial charge in [0, 0.05) is 38.0 Å². The van der Waals surface area contributed by atoms with Gasteiger partial charge in [-0.3, -0.25) is 9.69 Å². The molecule has 1 aromatic heterocycles. The molecule has 2 aromatic rings. The summed E-state index contributed by atoms with van der Waals surface area (Å²) in [6.45, 7) is 5.77. The molecule has 2 atom stereocenters. The molecule has 25 heavy (non-hydrogen) atoms. The highest BCUT2D eigenvalue weighted by Crippen LogP contribution is 2.18. The van der Waals surface area contributed by atoms with Gasteiger partial charge in [-0.1, -0.05) is 0 Å². The van der Waals surface area contributed by atoms with Crippen molar-refractivity contribution in [3.63, 3.8) is 0 Å². The second kappa shape index (κ2) is 7.25. The second-order valence-electron chi connectivity index (χ2n) is 6.52. The average Bonchev–Trinajstić information content (AvgIpc) is 2.98. The number of nitrogens with one attached hydrogen (secondary N) is 2. The Labute approximate surface area is 145 Å². The van der Waals surface area contributed by atoms with Crippen LogP contribution < -0.4 is 16.1 Å². The van der Waals surface area contributed by atoms with E-state index in [9.17, 15) is 9.59 Å². The number of nitrogens with zero attached hydrogens (tertiary/aromatic N) is 1. The lowest BCUT2D eigenvalue weighted by Crippen LogP contribution is -2.45. The van der Waals surface area contributed by atoms with Gasteiger partial charge in [0.1, 0.15) is 5.58 Å². The highest BCUT2D eigenvalue weighted by Gasteiger charge is 2.34. The zero-order valence-electron chi connectivity index (χ0n) is 14.6. The molecule has 0 saturated carbocycles. The smallest absolute Gasteiger partial charge is 0.319 e. The number of likely N-dealkylation sites (tertiary alicyclic amines) is 1. The molecule has 2 heterocycles. The number of benzene rings is 1. The molecule has 2 amide bonds. The van der Waals surface area contributed by atoms with E-state index in [2.05, 4.69) is 29.4 Å². The molecule has 0 unspecified atom stereocenters. The number of urea groups is 1. The van der Waals surface area contributed by atoms with Gasteiger partial charge in [0.05, 0.1) is 23.8 Å². The zero-order valence-corrected chi connectivity index (χ0v) is 14.6. The number of carbonyl (C=O) groups excluding carboxylic acids is 1. The quantitative estimate of drug-likeness (QED) is 0.886. The van der Waals surface area contributed by atoms with Gasteiger partial charge in [-0.15, -0.1) is 0 Å². The Kier molecular flexibility index (Phi) is 5.06. The van der Waals surface area contributed by atoms with Gasteiger partial charge in [0.25, 0.3) is 0 Å². The first kappa shape index (κ1) is 17.4. The van der Waals surface area contributed by atoms with Crippen LogP contribution in [0, 0.1) is 0 Å². The van der Waals surface area contributed by atoms with Crippen LogP contribution in [0.25, 0.3) is 11.0 Å². The third-order valence-electron chi connectivity index (χ3n) is 4.56. The van der Waals surface area contributed by atoms with Gasteiger partial charge in [-0.25, -0.2) is 4.79 Å². The number of rotatable bonds is 4. The molecule has 1 saturated heterocycles. The Hall–Kier alpha value is -2.38. The molecule has 1 aromatic carbocycles. The fourth-order valence-corrected chi connectivity index (χ4v) is 3.10. The first-order valence-corrected chi connectivity index (χ1v) is 8.34. The maximum absolute atomic E-state index is 12.3. The Balaban J connectivity index is 1.68. The topological polar surface area (TPSA) is 83.8 Å². The lowest BCUT2D eigenvalue weighted by Gasteiger charge is -2.20. The van der Waals surface area contributed by atoms with E-state index >= 15 is 0 Å². The zero-order chi connectivity index (χ0) is 18.0. The molecular weight excluding hydrogens is 322 g/mol. The molecule has 2 N–H and O–H groups in total. The summed E-state index contributed by atoms with van der Waals surface area (Å²) >= 11 is 0. The molecule has 0 radical (unpaired) electrons. The minimum Gasteiger partial charge on any atom is -0.464 e. The van der Waals surface area contributed by atoms with Crippen LogP contribution in [0.15, 0.2) is 39.7 Å². The van der Waals surface area contributed by atoms with Crippen LogP contribution in [0.4, 0.5) is 10.5 Å². The number of carbonyl (C=O) groups is 1. The minimum atomic E-state index is -0.322. The van der Waals surface area contributed by atoms with E-state index in [-0.39, 0.29) is 23.6 Å². The monoisotopic (exact) mass is 345 g/mol. The van der Waals surface area contributed by atoms with Crippen LogP contribution >= 0.6 is 0 Å². The van der Waals surface area contributed by atoms with Crippen molar-refractivity contribution in [2.45, 2.75) is 32.0 Å². The lowest BCUT2D eigenvalue weighted by atomic mass is 10.2. The molecule has 0 spiro atoms. The summed E-state index contributed by atoms with van der Waals surface area (Å²) in [6.07, 6.45) is 1.31. The van der Waals surface area contributed by atoms with Gasteiger partial charge >= 0.3 is 6.03 Å². The van der Waals surface area contributed by atoms with Crippen LogP contribution in [-0.4, -0.2) is 49.3 Å². The molecule has 0 bridgehead atoms. The largest absolute Gasteiger partial charge is 0.464 e. The summed E-state index contributed by atoms with van der Waals surface area (Å²) in [7, 11) is 1.66. The second-order valence-corrected chi connectivity index (χ2v) is 6.52. The molecule has 7 nitrogen and oxygen atoms in total. The fourth-order valence-electron chi connectivity index (χ4n) is 3.10. The summed E-state index contributed by atoms with van der Waals surface area (Å²) in [5.74, 6) is 0. The van der Waals surface area contributed by atoms with Crippen molar-refractivity contribution in [1.29, 1.82) is 0 Å². The van der Waals surface area contributed by atoms with Gasteiger partial charge in [0.2, 0.25) is 0 Å². The van der Waals surface area contributed by atoms with Crippen LogP contribution in [0.1, 0.15) is 13.8 Å². The van der Waals surface area contributed by atoms with Crippen molar-refractivity contribution in [3.8, 4) is 0 Å². The molecule has 3 rings (SSSR count). The van der Waals surface area contributed by atoms with Crippen molar-refractivity contribution in [1.82, 2.24) is 10.2 Å². The number of hydrogen-bond donors (Lipinski definition) is 2. The van der Waals surface area contributed by atoms with E-state index in [1.165, 1.54) is 12.3 Å². The molecule has 134 valence electrons. The fraction of sp³-hybridized carbons (Fsp3) is 0.444. The highest BCUT2D eigenvalue weighted by atomic mass is 16.5. The first-order valence-electron chi connectivity index (χ1n) is 8.34. The van der Waals surface area contributed by atoms with Crippen LogP contribution in [0.5, 0.6) is 0 Å². The maximum atomic E-state index is 12.3. The summed E-state index contributed by atoms with van der Waals surface area (Å²) < 4.78 is 10.8. The van der Waals surface area contributed by atoms with E-state index in [0.29, 0.717) is 22.7 Å². The summed E-state index contributed by atoms with van der Waals surface area (Å²) in [4.78, 5) is 26.5. The Bertz CT molecular complexity index is 817. The van der Waals surface area contributed by atoms with E-state index in [1.54, 1.807) is 25.3 Å². The predicted octanol–water partition coefficient (Wildman–Crippen LogP) is 2.02. The number of ether oxygens (including phenoxy) is 1. The SMILES string of the molecule is CO[C@H]1CN(C(C)C)C[C@@H]1NC(=O)Nc1ccc2occc(=O)c2c1. The van der Waals surface area contributed by atoms with Crippen LogP contribution in [-0.2, 0) is 4.74 Å². The third kappa shape index (κ3) is 3.83. The molecule has 1 aliphatic heterocycles. The van der Waals surface area contributed by atoms with Crippen molar-refractivity contribution in [2.24, 2.45) is 0 Å². The van der Waals surface area contributed by atoms with Crippen molar-refractivity contribution in [3.05, 3.63) is 40.8 Å². The van der Waals surface area contributed by atoms with E-state index in [4.69, 9.17) is 9.15 Å². The lowest BCUT2D eigenvalue weighted by molar-refractivity contribution is 0.0896. The summed E-state index contributed by atoms with van der Waals surface area (Å²) in [6, 6.07) is 6.33. The number of methoxy groups -OCH3 is 1. The standard InChI is InChI=1S/C18H23N3O4/c1-11(2)21-9-14(17(10-21)24-3)20-18(23)19-12-4-5-16-13(8-12)15(22)6-7-25-16/h4-8,11,14,17H,9-10H2,1-3H3,(H2,19,20,23)/t14-,17-/m0/s1. The van der Waals surface area contributed by atoms with Gasteiger partial charge < -0.3 is 19.8 Å².